The molecule has 1 atom stereocenters. The van der Waals surface area contributed by atoms with Gasteiger partial charge in [-0.3, -0.25) is 14.4 Å². The van der Waals surface area contributed by atoms with Crippen molar-refractivity contribution >= 4 is 35.2 Å². The summed E-state index contributed by atoms with van der Waals surface area (Å²) in [7, 11) is 0. The van der Waals surface area contributed by atoms with Gasteiger partial charge in [0.1, 0.15) is 11.5 Å². The molecule has 1 heterocycles. The number of aromatic nitrogens is 1. The smallest absolute Gasteiger partial charge is 0.316 e. The van der Waals surface area contributed by atoms with E-state index in [1.54, 1.807) is 44.2 Å². The van der Waals surface area contributed by atoms with E-state index in [1.165, 1.54) is 0 Å². The monoisotopic (exact) mass is 406 g/mol. The lowest BCUT2D eigenvalue weighted by molar-refractivity contribution is -0.139. The number of benzene rings is 1. The summed E-state index contributed by atoms with van der Waals surface area (Å²) in [6.07, 6.45) is 0. The average molecular weight is 406 g/mol. The molecule has 0 aliphatic heterocycles. The summed E-state index contributed by atoms with van der Waals surface area (Å²) in [5.41, 5.74) is 0.430. The predicted molar refractivity (Wildman–Crippen MR) is 105 cm³/mol. The van der Waals surface area contributed by atoms with E-state index < -0.39 is 11.2 Å². The number of Topliss-reactive ketones (excluding diaryl/α,β-unsaturated/α-hetero) is 1. The number of esters is 1. The lowest BCUT2D eigenvalue weighted by Crippen LogP contribution is -2.24. The van der Waals surface area contributed by atoms with E-state index >= 15 is 0 Å². The number of thioether (sulfide) groups is 1. The number of amides is 1. The van der Waals surface area contributed by atoms with Gasteiger partial charge < -0.3 is 19.3 Å². The van der Waals surface area contributed by atoms with Crippen molar-refractivity contribution in [3.63, 3.8) is 0 Å². The van der Waals surface area contributed by atoms with Gasteiger partial charge in [-0.2, -0.15) is 0 Å². The standard InChI is InChI=1S/C19H22N2O6S/c1-4-25-15-7-5-14(6-8-15)16(22)10-26-18(23)11-28-13(3)19(24)20-17-9-12(2)27-21-17/h5-9,13H,4,10-11H2,1-3H3,(H,20,21,24)/t13-/m0/s1. The zero-order valence-corrected chi connectivity index (χ0v) is 16.7. The van der Waals surface area contributed by atoms with Crippen molar-refractivity contribution in [2.45, 2.75) is 26.0 Å². The number of nitrogens with one attached hydrogen (secondary N) is 1. The number of aryl methyl sites for hydroxylation is 1. The van der Waals surface area contributed by atoms with Crippen molar-refractivity contribution in [1.29, 1.82) is 0 Å². The first-order valence-corrected chi connectivity index (χ1v) is 9.71. The minimum atomic E-state index is -0.568. The molecule has 1 N–H and O–H groups in total. The van der Waals surface area contributed by atoms with Crippen LogP contribution in [0.25, 0.3) is 0 Å². The van der Waals surface area contributed by atoms with Gasteiger partial charge in [0.05, 0.1) is 17.6 Å². The van der Waals surface area contributed by atoms with Crippen LogP contribution in [-0.4, -0.2) is 47.0 Å². The summed E-state index contributed by atoms with van der Waals surface area (Å²) >= 11 is 1.10. The fourth-order valence-electron chi connectivity index (χ4n) is 2.10. The summed E-state index contributed by atoms with van der Waals surface area (Å²) in [6.45, 7) is 5.43. The van der Waals surface area contributed by atoms with E-state index in [2.05, 4.69) is 10.5 Å². The first kappa shape index (κ1) is 21.5. The Kier molecular flexibility index (Phi) is 8.06. The van der Waals surface area contributed by atoms with Gasteiger partial charge in [-0.05, 0) is 45.0 Å². The molecule has 0 bridgehead atoms. The van der Waals surface area contributed by atoms with Gasteiger partial charge in [-0.15, -0.1) is 11.8 Å². The van der Waals surface area contributed by atoms with Gasteiger partial charge in [-0.25, -0.2) is 0 Å². The van der Waals surface area contributed by atoms with Crippen LogP contribution in [0.15, 0.2) is 34.9 Å². The molecule has 0 unspecified atom stereocenters. The van der Waals surface area contributed by atoms with Crippen LogP contribution < -0.4 is 10.1 Å². The second-order valence-electron chi connectivity index (χ2n) is 5.81. The van der Waals surface area contributed by atoms with Crippen molar-refractivity contribution in [3.05, 3.63) is 41.7 Å². The highest BCUT2D eigenvalue weighted by Crippen LogP contribution is 2.15. The highest BCUT2D eigenvalue weighted by atomic mass is 32.2. The Balaban J connectivity index is 1.71. The molecule has 8 nitrogen and oxygen atoms in total. The van der Waals surface area contributed by atoms with E-state index in [0.717, 1.165) is 11.8 Å². The van der Waals surface area contributed by atoms with Crippen molar-refractivity contribution < 1.29 is 28.4 Å². The molecule has 0 spiro atoms. The van der Waals surface area contributed by atoms with Gasteiger partial charge in [0.25, 0.3) is 0 Å². The van der Waals surface area contributed by atoms with Crippen molar-refractivity contribution in [2.24, 2.45) is 0 Å². The quantitative estimate of drug-likeness (QED) is 0.474. The third-order valence-corrected chi connectivity index (χ3v) is 4.67. The number of ketones is 1. The van der Waals surface area contributed by atoms with E-state index in [-0.39, 0.29) is 24.1 Å². The number of hydrogen-bond donors (Lipinski definition) is 1. The predicted octanol–water partition coefficient (Wildman–Crippen LogP) is 2.87. The molecule has 1 aromatic heterocycles. The number of anilines is 1. The van der Waals surface area contributed by atoms with Crippen LogP contribution >= 0.6 is 11.8 Å². The Morgan fingerprint density at radius 1 is 1.25 bits per heavy atom. The largest absolute Gasteiger partial charge is 0.494 e. The van der Waals surface area contributed by atoms with E-state index in [0.29, 0.717) is 29.5 Å². The molecule has 2 rings (SSSR count). The van der Waals surface area contributed by atoms with Crippen molar-refractivity contribution in [3.8, 4) is 5.75 Å². The first-order valence-electron chi connectivity index (χ1n) is 8.66. The third-order valence-electron chi connectivity index (χ3n) is 3.55. The number of carbonyl (C=O) groups is 3. The maximum Gasteiger partial charge on any atom is 0.316 e. The van der Waals surface area contributed by atoms with E-state index in [4.69, 9.17) is 14.0 Å². The van der Waals surface area contributed by atoms with Crippen LogP contribution in [0.4, 0.5) is 5.82 Å². The second-order valence-corrected chi connectivity index (χ2v) is 7.14. The van der Waals surface area contributed by atoms with Crippen LogP contribution in [-0.2, 0) is 14.3 Å². The molecule has 28 heavy (non-hydrogen) atoms. The minimum absolute atomic E-state index is 0.0526. The summed E-state index contributed by atoms with van der Waals surface area (Å²) < 4.78 is 15.2. The Hall–Kier alpha value is -2.81. The molecule has 0 fully saturated rings. The number of hydrogen-bond acceptors (Lipinski definition) is 8. The van der Waals surface area contributed by atoms with Crippen LogP contribution in [0, 0.1) is 6.92 Å². The molecule has 0 aliphatic carbocycles. The zero-order chi connectivity index (χ0) is 20.5. The van der Waals surface area contributed by atoms with Crippen molar-refractivity contribution in [2.75, 3.05) is 24.3 Å². The van der Waals surface area contributed by atoms with Gasteiger partial charge in [0, 0.05) is 11.6 Å². The van der Waals surface area contributed by atoms with Gasteiger partial charge in [0.2, 0.25) is 5.91 Å². The molecule has 0 aliphatic rings. The van der Waals surface area contributed by atoms with E-state index in [1.807, 2.05) is 6.92 Å². The molecule has 0 saturated carbocycles. The normalized spacial score (nSPS) is 11.5. The maximum absolute atomic E-state index is 12.1. The highest BCUT2D eigenvalue weighted by Gasteiger charge is 2.18. The summed E-state index contributed by atoms with van der Waals surface area (Å²) in [5, 5.41) is 5.76. The first-order chi connectivity index (χ1) is 13.4. The average Bonchev–Trinajstić information content (AvgIpc) is 3.09. The molecular weight excluding hydrogens is 384 g/mol. The van der Waals surface area contributed by atoms with Gasteiger partial charge >= 0.3 is 5.97 Å². The Labute approximate surface area is 166 Å². The Bertz CT molecular complexity index is 818. The minimum Gasteiger partial charge on any atom is -0.494 e. The summed E-state index contributed by atoms with van der Waals surface area (Å²) in [6, 6.07) is 8.20. The van der Waals surface area contributed by atoms with E-state index in [9.17, 15) is 14.4 Å². The number of nitrogens with zero attached hydrogens (tertiary/aromatic N) is 1. The van der Waals surface area contributed by atoms with Gasteiger partial charge in [-0.1, -0.05) is 5.16 Å². The molecule has 150 valence electrons. The molecule has 0 radical (unpaired) electrons. The fraction of sp³-hybridized carbons (Fsp3) is 0.368. The SMILES string of the molecule is CCOc1ccc(C(=O)COC(=O)CS[C@@H](C)C(=O)Nc2cc(C)on2)cc1. The molecule has 9 heteroatoms. The van der Waals surface area contributed by atoms with Crippen LogP contribution in [0.2, 0.25) is 0 Å². The Morgan fingerprint density at radius 3 is 2.57 bits per heavy atom. The lowest BCUT2D eigenvalue weighted by Gasteiger charge is -2.10. The fourth-order valence-corrected chi connectivity index (χ4v) is 2.78. The van der Waals surface area contributed by atoms with Crippen LogP contribution in [0.1, 0.15) is 30.0 Å². The number of ether oxygens (including phenoxy) is 2. The third kappa shape index (κ3) is 6.73. The molecule has 1 amide bonds. The molecule has 2 aromatic rings. The molecular formula is C19H22N2O6S. The zero-order valence-electron chi connectivity index (χ0n) is 15.9. The topological polar surface area (TPSA) is 108 Å². The maximum atomic E-state index is 12.1. The molecule has 0 saturated heterocycles. The van der Waals surface area contributed by atoms with Gasteiger partial charge in [0.15, 0.2) is 18.2 Å². The molecule has 1 aromatic carbocycles. The summed E-state index contributed by atoms with van der Waals surface area (Å²) in [5.74, 6) is 0.324. The Morgan fingerprint density at radius 2 is 1.96 bits per heavy atom. The van der Waals surface area contributed by atoms with Crippen molar-refractivity contribution in [1.82, 2.24) is 5.16 Å². The highest BCUT2D eigenvalue weighted by molar-refractivity contribution is 8.01. The summed E-state index contributed by atoms with van der Waals surface area (Å²) in [4.78, 5) is 35.9. The lowest BCUT2D eigenvalue weighted by atomic mass is 10.1. The van der Waals surface area contributed by atoms with Crippen LogP contribution in [0.3, 0.4) is 0 Å². The number of carbonyl (C=O) groups excluding carboxylic acids is 3. The second kappa shape index (κ2) is 10.5. The number of rotatable bonds is 10. The van der Waals surface area contributed by atoms with Crippen LogP contribution in [0.5, 0.6) is 5.75 Å².